The van der Waals surface area contributed by atoms with Gasteiger partial charge in [0.25, 0.3) is 10.0 Å². The predicted octanol–water partition coefficient (Wildman–Crippen LogP) is 4.23. The number of amides is 1. The van der Waals surface area contributed by atoms with Crippen molar-refractivity contribution in [3.8, 4) is 0 Å². The zero-order valence-electron chi connectivity index (χ0n) is 13.9. The molecule has 8 heteroatoms. The van der Waals surface area contributed by atoms with Gasteiger partial charge in [-0.15, -0.1) is 0 Å². The van der Waals surface area contributed by atoms with E-state index < -0.39 is 32.1 Å². The fourth-order valence-corrected chi connectivity index (χ4v) is 5.12. The van der Waals surface area contributed by atoms with Crippen LogP contribution < -0.4 is 4.72 Å². The van der Waals surface area contributed by atoms with E-state index in [4.69, 9.17) is 23.2 Å². The lowest BCUT2D eigenvalue weighted by Crippen LogP contribution is -2.45. The van der Waals surface area contributed by atoms with Gasteiger partial charge >= 0.3 is 0 Å². The molecule has 0 fully saturated rings. The first-order chi connectivity index (χ1) is 12.2. The summed E-state index contributed by atoms with van der Waals surface area (Å²) in [5.41, 5.74) is 0.534. The Hall–Kier alpha value is -1.63. The predicted molar refractivity (Wildman–Crippen MR) is 98.5 cm³/mol. The van der Waals surface area contributed by atoms with Gasteiger partial charge in [0.15, 0.2) is 5.82 Å². The molecule has 1 aliphatic rings. The summed E-state index contributed by atoms with van der Waals surface area (Å²) in [6, 6.07) is 8.86. The van der Waals surface area contributed by atoms with E-state index in [0.29, 0.717) is 29.8 Å². The quantitative estimate of drug-likeness (QED) is 0.812. The molecule has 0 aliphatic heterocycles. The summed E-state index contributed by atoms with van der Waals surface area (Å²) < 4.78 is 41.2. The van der Waals surface area contributed by atoms with E-state index in [1.54, 1.807) is 18.2 Å². The second-order valence-corrected chi connectivity index (χ2v) is 8.65. The summed E-state index contributed by atoms with van der Waals surface area (Å²) >= 11 is 11.9. The third kappa shape index (κ3) is 3.00. The molecule has 138 valence electrons. The molecule has 0 heterocycles. The molecule has 4 nitrogen and oxygen atoms in total. The SMILES string of the molecule is CCC1(C(=O)NS(=O)(=O)c2cccc(Cl)c2F)CCc2c(Cl)cccc21. The van der Waals surface area contributed by atoms with Crippen LogP contribution in [0.2, 0.25) is 10.0 Å². The molecule has 0 saturated carbocycles. The van der Waals surface area contributed by atoms with Crippen LogP contribution in [-0.4, -0.2) is 14.3 Å². The van der Waals surface area contributed by atoms with Crippen molar-refractivity contribution < 1.29 is 17.6 Å². The molecule has 2 aromatic rings. The molecular formula is C18H16Cl2FNO3S. The minimum atomic E-state index is -4.40. The fraction of sp³-hybridized carbons (Fsp3) is 0.278. The standard InChI is InChI=1S/C18H16Cl2FNO3S/c1-2-18(10-9-11-12(18)5-3-6-13(11)19)17(23)22-26(24,25)15-8-4-7-14(20)16(15)21/h3-8H,2,9-10H2,1H3,(H,22,23). The van der Waals surface area contributed by atoms with Crippen molar-refractivity contribution in [2.75, 3.05) is 0 Å². The highest BCUT2D eigenvalue weighted by Crippen LogP contribution is 2.44. The zero-order chi connectivity index (χ0) is 19.1. The summed E-state index contributed by atoms with van der Waals surface area (Å²) in [6.45, 7) is 1.81. The van der Waals surface area contributed by atoms with Gasteiger partial charge < -0.3 is 0 Å². The van der Waals surface area contributed by atoms with E-state index in [9.17, 15) is 17.6 Å². The van der Waals surface area contributed by atoms with Crippen LogP contribution in [0.4, 0.5) is 4.39 Å². The first-order valence-corrected chi connectivity index (χ1v) is 10.3. The zero-order valence-corrected chi connectivity index (χ0v) is 16.2. The van der Waals surface area contributed by atoms with Gasteiger partial charge in [0.05, 0.1) is 10.4 Å². The molecule has 26 heavy (non-hydrogen) atoms. The van der Waals surface area contributed by atoms with Gasteiger partial charge in [0, 0.05) is 5.02 Å². The summed E-state index contributed by atoms with van der Waals surface area (Å²) in [4.78, 5) is 12.3. The van der Waals surface area contributed by atoms with Crippen molar-refractivity contribution >= 4 is 39.1 Å². The molecule has 1 unspecified atom stereocenters. The Labute approximate surface area is 161 Å². The fourth-order valence-electron chi connectivity index (χ4n) is 3.46. The molecule has 0 radical (unpaired) electrons. The maximum Gasteiger partial charge on any atom is 0.267 e. The van der Waals surface area contributed by atoms with Gasteiger partial charge in [-0.2, -0.15) is 0 Å². The molecule has 0 bridgehead atoms. The van der Waals surface area contributed by atoms with Crippen molar-refractivity contribution in [1.82, 2.24) is 4.72 Å². The summed E-state index contributed by atoms with van der Waals surface area (Å²) in [7, 11) is -4.40. The largest absolute Gasteiger partial charge is 0.273 e. The monoisotopic (exact) mass is 415 g/mol. The van der Waals surface area contributed by atoms with E-state index in [1.165, 1.54) is 12.1 Å². The Kier molecular flexibility index (Phi) is 5.03. The highest BCUT2D eigenvalue weighted by molar-refractivity contribution is 7.90. The number of carbonyl (C=O) groups excluding carboxylic acids is 1. The molecule has 0 spiro atoms. The number of hydrogen-bond donors (Lipinski definition) is 1. The summed E-state index contributed by atoms with van der Waals surface area (Å²) in [5, 5.41) is 0.220. The van der Waals surface area contributed by atoms with Gasteiger partial charge in [-0.25, -0.2) is 17.5 Å². The van der Waals surface area contributed by atoms with Crippen LogP contribution in [0.3, 0.4) is 0 Å². The van der Waals surface area contributed by atoms with Crippen LogP contribution in [0.1, 0.15) is 30.9 Å². The topological polar surface area (TPSA) is 63.2 Å². The van der Waals surface area contributed by atoms with Crippen molar-refractivity contribution in [1.29, 1.82) is 0 Å². The molecule has 1 atom stereocenters. The molecule has 0 saturated heterocycles. The van der Waals surface area contributed by atoms with Crippen LogP contribution >= 0.6 is 23.2 Å². The average Bonchev–Trinajstić information content (AvgIpc) is 2.98. The Bertz CT molecular complexity index is 994. The second kappa shape index (κ2) is 6.83. The Morgan fingerprint density at radius 2 is 1.85 bits per heavy atom. The number of sulfonamides is 1. The maximum atomic E-state index is 14.1. The van der Waals surface area contributed by atoms with Gasteiger partial charge in [0.1, 0.15) is 4.90 Å². The second-order valence-electron chi connectivity index (χ2n) is 6.19. The third-order valence-electron chi connectivity index (χ3n) is 4.91. The minimum absolute atomic E-state index is 0.330. The van der Waals surface area contributed by atoms with E-state index in [2.05, 4.69) is 0 Å². The molecule has 3 rings (SSSR count). The average molecular weight is 416 g/mol. The lowest BCUT2D eigenvalue weighted by molar-refractivity contribution is -0.125. The van der Waals surface area contributed by atoms with Crippen molar-refractivity contribution in [3.63, 3.8) is 0 Å². The van der Waals surface area contributed by atoms with Crippen LogP contribution in [-0.2, 0) is 26.7 Å². The number of fused-ring (bicyclic) bond motifs is 1. The molecule has 2 aromatic carbocycles. The van der Waals surface area contributed by atoms with E-state index >= 15 is 0 Å². The first kappa shape index (κ1) is 19.1. The number of carbonyl (C=O) groups is 1. The lowest BCUT2D eigenvalue weighted by atomic mass is 9.79. The number of rotatable bonds is 4. The van der Waals surface area contributed by atoms with Crippen molar-refractivity contribution in [3.05, 3.63) is 63.4 Å². The normalized spacial score (nSPS) is 19.2. The number of halogens is 3. The summed E-state index contributed by atoms with van der Waals surface area (Å²) in [5.74, 6) is -1.78. The van der Waals surface area contributed by atoms with E-state index in [0.717, 1.165) is 11.6 Å². The van der Waals surface area contributed by atoms with Gasteiger partial charge in [-0.1, -0.05) is 48.3 Å². The maximum absolute atomic E-state index is 14.1. The molecule has 1 aliphatic carbocycles. The first-order valence-electron chi connectivity index (χ1n) is 8.02. The van der Waals surface area contributed by atoms with E-state index in [1.807, 2.05) is 11.6 Å². The molecule has 1 amide bonds. The van der Waals surface area contributed by atoms with Crippen LogP contribution in [0.15, 0.2) is 41.3 Å². The van der Waals surface area contributed by atoms with Crippen molar-refractivity contribution in [2.45, 2.75) is 36.5 Å². The van der Waals surface area contributed by atoms with Crippen molar-refractivity contribution in [2.24, 2.45) is 0 Å². The van der Waals surface area contributed by atoms with Crippen LogP contribution in [0.25, 0.3) is 0 Å². The number of benzene rings is 2. The minimum Gasteiger partial charge on any atom is -0.273 e. The molecule has 1 N–H and O–H groups in total. The van der Waals surface area contributed by atoms with E-state index in [-0.39, 0.29) is 5.02 Å². The van der Waals surface area contributed by atoms with Gasteiger partial charge in [0.2, 0.25) is 5.91 Å². The Morgan fingerprint density at radius 1 is 1.19 bits per heavy atom. The highest BCUT2D eigenvalue weighted by Gasteiger charge is 2.46. The molecule has 0 aromatic heterocycles. The number of hydrogen-bond acceptors (Lipinski definition) is 3. The highest BCUT2D eigenvalue weighted by atomic mass is 35.5. The van der Waals surface area contributed by atoms with Gasteiger partial charge in [-0.05, 0) is 48.6 Å². The Morgan fingerprint density at radius 3 is 2.54 bits per heavy atom. The van der Waals surface area contributed by atoms with Crippen LogP contribution in [0, 0.1) is 5.82 Å². The lowest BCUT2D eigenvalue weighted by Gasteiger charge is -2.27. The summed E-state index contributed by atoms with van der Waals surface area (Å²) in [6.07, 6.45) is 1.39. The van der Waals surface area contributed by atoms with Gasteiger partial charge in [-0.3, -0.25) is 4.79 Å². The Balaban J connectivity index is 2.00. The smallest absolute Gasteiger partial charge is 0.267 e. The molecular weight excluding hydrogens is 400 g/mol. The number of nitrogens with one attached hydrogen (secondary N) is 1. The third-order valence-corrected chi connectivity index (χ3v) is 6.90. The van der Waals surface area contributed by atoms with Crippen LogP contribution in [0.5, 0.6) is 0 Å².